The number of likely N-dealkylation sites (tertiary alicyclic amines) is 1. The van der Waals surface area contributed by atoms with E-state index in [1.54, 1.807) is 22.8 Å². The van der Waals surface area contributed by atoms with Crippen molar-refractivity contribution in [3.8, 4) is 0 Å². The molecule has 0 saturated carbocycles. The van der Waals surface area contributed by atoms with E-state index in [9.17, 15) is 14.4 Å². The van der Waals surface area contributed by atoms with Gasteiger partial charge in [-0.25, -0.2) is 0 Å². The molecule has 2 bridgehead atoms. The highest BCUT2D eigenvalue weighted by Crippen LogP contribution is 2.63. The topological polar surface area (TPSA) is 96.4 Å². The number of anilines is 1. The molecule has 0 radical (unpaired) electrons. The summed E-state index contributed by atoms with van der Waals surface area (Å²) < 4.78 is 12.1. The third-order valence-corrected chi connectivity index (χ3v) is 8.98. The quantitative estimate of drug-likeness (QED) is 0.242. The van der Waals surface area contributed by atoms with Crippen molar-refractivity contribution in [2.24, 2.45) is 11.8 Å². The Bertz CT molecular complexity index is 1300. The maximum Gasteiger partial charge on any atom is 0.312 e. The predicted octanol–water partition coefficient (Wildman–Crippen LogP) is 4.24. The summed E-state index contributed by atoms with van der Waals surface area (Å²) in [6, 6.07) is 13.0. The Kier molecular flexibility index (Phi) is 8.02. The fourth-order valence-electron chi connectivity index (χ4n) is 7.23. The van der Waals surface area contributed by atoms with E-state index in [4.69, 9.17) is 14.6 Å². The number of nitrogens with zero attached hydrogens (tertiary/aromatic N) is 2. The van der Waals surface area contributed by atoms with Crippen LogP contribution in [0.5, 0.6) is 0 Å². The first-order valence-corrected chi connectivity index (χ1v) is 14.5. The largest absolute Gasteiger partial charge is 0.466 e. The molecule has 0 aromatic heterocycles. The van der Waals surface area contributed by atoms with Gasteiger partial charge >= 0.3 is 5.97 Å². The van der Waals surface area contributed by atoms with Crippen LogP contribution in [0, 0.1) is 11.8 Å². The number of aliphatic hydroxyl groups excluding tert-OH is 1. The third kappa shape index (κ3) is 4.61. The second-order valence-electron chi connectivity index (χ2n) is 11.4. The minimum Gasteiger partial charge on any atom is -0.466 e. The first-order chi connectivity index (χ1) is 19.3. The number of ether oxygens (including phenoxy) is 2. The van der Waals surface area contributed by atoms with Crippen molar-refractivity contribution < 1.29 is 29.0 Å². The number of rotatable bonds is 12. The van der Waals surface area contributed by atoms with Crippen molar-refractivity contribution in [2.45, 2.75) is 69.6 Å². The summed E-state index contributed by atoms with van der Waals surface area (Å²) in [6.07, 6.45) is 5.84. The van der Waals surface area contributed by atoms with Crippen molar-refractivity contribution in [2.75, 3.05) is 31.2 Å². The predicted molar refractivity (Wildman–Crippen MR) is 153 cm³/mol. The molecule has 5 rings (SSSR count). The van der Waals surface area contributed by atoms with E-state index >= 15 is 0 Å². The lowest BCUT2D eigenvalue weighted by Gasteiger charge is -2.37. The standard InChI is InChI=1S/C32H40N2O6/c1-4-18-33(24-15-14-22-12-8-9-13-23(22)21-24)29(37)27-32-17-16-31(3,40-32)26(30(38)39-5-2)25(32)28(36)34(27)19-10-6-7-11-20-35/h4,8-9,12-15,21,25-27,35H,1,5-7,10-11,16-20H2,2-3H3/t25-,26-,27?,31+,32?/m0/s1. The van der Waals surface area contributed by atoms with Crippen LogP contribution in [0.4, 0.5) is 5.69 Å². The molecule has 2 unspecified atom stereocenters. The normalized spacial score (nSPS) is 28.6. The highest BCUT2D eigenvalue weighted by molar-refractivity contribution is 6.05. The van der Waals surface area contributed by atoms with Crippen molar-refractivity contribution in [1.29, 1.82) is 0 Å². The molecule has 0 aliphatic carbocycles. The van der Waals surface area contributed by atoms with E-state index in [1.807, 2.05) is 49.4 Å². The van der Waals surface area contributed by atoms with Gasteiger partial charge in [0, 0.05) is 25.4 Å². The number of carbonyl (C=O) groups is 3. The van der Waals surface area contributed by atoms with Gasteiger partial charge in [0.2, 0.25) is 5.91 Å². The van der Waals surface area contributed by atoms with Crippen LogP contribution >= 0.6 is 0 Å². The molecule has 8 nitrogen and oxygen atoms in total. The Morgan fingerprint density at radius 3 is 2.62 bits per heavy atom. The SMILES string of the molecule is C=CCN(C(=O)C1N(CCCCCCO)C(=O)[C@@H]2[C@@H](C(=O)OCC)[C@@]3(C)CCC12O3)c1ccc2ccccc2c1. The van der Waals surface area contributed by atoms with E-state index in [-0.39, 0.29) is 31.6 Å². The fraction of sp³-hybridized carbons (Fsp3) is 0.531. The lowest BCUT2D eigenvalue weighted by Crippen LogP contribution is -2.56. The van der Waals surface area contributed by atoms with Gasteiger partial charge in [-0.3, -0.25) is 14.4 Å². The van der Waals surface area contributed by atoms with E-state index in [2.05, 4.69) is 6.58 Å². The summed E-state index contributed by atoms with van der Waals surface area (Å²) >= 11 is 0. The first kappa shape index (κ1) is 28.3. The molecular formula is C32H40N2O6. The number of fused-ring (bicyclic) bond motifs is 2. The summed E-state index contributed by atoms with van der Waals surface area (Å²) in [5.41, 5.74) is -1.23. The Morgan fingerprint density at radius 1 is 1.15 bits per heavy atom. The second kappa shape index (κ2) is 11.3. The molecule has 3 heterocycles. The Labute approximate surface area is 235 Å². The molecule has 1 N–H and O–H groups in total. The highest BCUT2D eigenvalue weighted by atomic mass is 16.6. The number of unbranched alkanes of at least 4 members (excludes halogenated alkanes) is 3. The van der Waals surface area contributed by atoms with Crippen LogP contribution < -0.4 is 4.90 Å². The molecule has 8 heteroatoms. The number of amides is 2. The van der Waals surface area contributed by atoms with Crippen LogP contribution in [-0.4, -0.2) is 71.3 Å². The van der Waals surface area contributed by atoms with Gasteiger partial charge in [0.1, 0.15) is 17.6 Å². The van der Waals surface area contributed by atoms with Crippen LogP contribution in [0.2, 0.25) is 0 Å². The number of hydrogen-bond donors (Lipinski definition) is 1. The molecule has 3 saturated heterocycles. The Hall–Kier alpha value is -3.23. The number of aliphatic hydroxyl groups is 1. The van der Waals surface area contributed by atoms with E-state index in [1.165, 1.54) is 0 Å². The monoisotopic (exact) mass is 548 g/mol. The zero-order valence-corrected chi connectivity index (χ0v) is 23.5. The van der Waals surface area contributed by atoms with Gasteiger partial charge in [-0.15, -0.1) is 6.58 Å². The number of carbonyl (C=O) groups excluding carboxylic acids is 3. The van der Waals surface area contributed by atoms with Crippen molar-refractivity contribution in [1.82, 2.24) is 4.90 Å². The third-order valence-electron chi connectivity index (χ3n) is 8.98. The summed E-state index contributed by atoms with van der Waals surface area (Å²) in [4.78, 5) is 45.4. The van der Waals surface area contributed by atoms with Gasteiger partial charge in [-0.05, 0) is 62.4 Å². The molecule has 3 aliphatic heterocycles. The van der Waals surface area contributed by atoms with Crippen LogP contribution in [0.25, 0.3) is 10.8 Å². The average molecular weight is 549 g/mol. The minimum atomic E-state index is -1.10. The van der Waals surface area contributed by atoms with Gasteiger partial charge in [-0.2, -0.15) is 0 Å². The van der Waals surface area contributed by atoms with Crippen molar-refractivity contribution >= 4 is 34.2 Å². The van der Waals surface area contributed by atoms with Gasteiger partial charge in [-0.1, -0.05) is 49.2 Å². The van der Waals surface area contributed by atoms with Gasteiger partial charge < -0.3 is 24.4 Å². The lowest BCUT2D eigenvalue weighted by atomic mass is 9.66. The highest BCUT2D eigenvalue weighted by Gasteiger charge is 2.78. The van der Waals surface area contributed by atoms with Crippen LogP contribution in [0.1, 0.15) is 52.4 Å². The maximum atomic E-state index is 14.6. The summed E-state index contributed by atoms with van der Waals surface area (Å²) in [6.45, 7) is 8.52. The maximum absolute atomic E-state index is 14.6. The van der Waals surface area contributed by atoms with E-state index in [0.29, 0.717) is 32.2 Å². The molecule has 1 spiro atoms. The van der Waals surface area contributed by atoms with Gasteiger partial charge in [0.15, 0.2) is 0 Å². The zero-order chi connectivity index (χ0) is 28.5. The summed E-state index contributed by atoms with van der Waals surface area (Å²) in [5.74, 6) is -2.39. The van der Waals surface area contributed by atoms with E-state index < -0.39 is 35.0 Å². The first-order valence-electron chi connectivity index (χ1n) is 14.5. The molecule has 40 heavy (non-hydrogen) atoms. The number of hydrogen-bond acceptors (Lipinski definition) is 6. The molecule has 2 amide bonds. The molecule has 3 fully saturated rings. The van der Waals surface area contributed by atoms with Crippen LogP contribution in [0.15, 0.2) is 55.1 Å². The van der Waals surface area contributed by atoms with Crippen LogP contribution in [0.3, 0.4) is 0 Å². The summed E-state index contributed by atoms with van der Waals surface area (Å²) in [5, 5.41) is 11.2. The molecule has 2 aromatic carbocycles. The van der Waals surface area contributed by atoms with Gasteiger partial charge in [0.25, 0.3) is 5.91 Å². The van der Waals surface area contributed by atoms with Crippen molar-refractivity contribution in [3.05, 3.63) is 55.1 Å². The van der Waals surface area contributed by atoms with Gasteiger partial charge in [0.05, 0.1) is 18.1 Å². The lowest BCUT2D eigenvalue weighted by molar-refractivity contribution is -0.159. The number of benzene rings is 2. The molecule has 2 aromatic rings. The molecule has 214 valence electrons. The molecular weight excluding hydrogens is 508 g/mol. The fourth-order valence-corrected chi connectivity index (χ4v) is 7.23. The smallest absolute Gasteiger partial charge is 0.312 e. The summed E-state index contributed by atoms with van der Waals surface area (Å²) in [7, 11) is 0. The molecule has 5 atom stereocenters. The Balaban J connectivity index is 1.54. The minimum absolute atomic E-state index is 0.130. The Morgan fingerprint density at radius 2 is 1.90 bits per heavy atom. The zero-order valence-electron chi connectivity index (χ0n) is 23.5. The second-order valence-corrected chi connectivity index (χ2v) is 11.4. The van der Waals surface area contributed by atoms with Crippen LogP contribution in [-0.2, 0) is 23.9 Å². The number of esters is 1. The average Bonchev–Trinajstić information content (AvgIpc) is 3.51. The van der Waals surface area contributed by atoms with Crippen molar-refractivity contribution in [3.63, 3.8) is 0 Å². The molecule has 3 aliphatic rings. The van der Waals surface area contributed by atoms with E-state index in [0.717, 1.165) is 29.3 Å².